The molecule has 1 aromatic rings. The van der Waals surface area contributed by atoms with Gasteiger partial charge in [-0.15, -0.1) is 0 Å². The van der Waals surface area contributed by atoms with Gasteiger partial charge in [-0.2, -0.15) is 9.97 Å². The van der Waals surface area contributed by atoms with Gasteiger partial charge < -0.3 is 36.4 Å². The fourth-order valence-corrected chi connectivity index (χ4v) is 7.07. The summed E-state index contributed by atoms with van der Waals surface area (Å²) < 4.78 is 11.2. The van der Waals surface area contributed by atoms with Crippen LogP contribution in [-0.2, 0) is 4.57 Å². The molecule has 0 amide bonds. The van der Waals surface area contributed by atoms with Crippen molar-refractivity contribution in [3.8, 4) is 0 Å². The van der Waals surface area contributed by atoms with Gasteiger partial charge in [-0.25, -0.2) is 0 Å². The lowest BCUT2D eigenvalue weighted by Crippen LogP contribution is -2.52. The summed E-state index contributed by atoms with van der Waals surface area (Å²) in [6.07, 6.45) is 13.2. The van der Waals surface area contributed by atoms with Crippen LogP contribution in [0.25, 0.3) is 0 Å². The van der Waals surface area contributed by atoms with E-state index < -0.39 is 7.60 Å². The van der Waals surface area contributed by atoms with Gasteiger partial charge in [0.2, 0.25) is 5.95 Å². The molecule has 2 aliphatic carbocycles. The summed E-state index contributed by atoms with van der Waals surface area (Å²) in [5, 5.41) is 11.0. The first kappa shape index (κ1) is 31.4. The van der Waals surface area contributed by atoms with E-state index in [0.29, 0.717) is 30.8 Å². The van der Waals surface area contributed by atoms with Crippen LogP contribution in [0.2, 0.25) is 0 Å². The van der Waals surface area contributed by atoms with Crippen LogP contribution < -0.4 is 26.6 Å². The zero-order valence-corrected chi connectivity index (χ0v) is 25.3. The highest BCUT2D eigenvalue weighted by molar-refractivity contribution is 7.51. The maximum absolute atomic E-state index is 11.2. The smallest absolute Gasteiger partial charge is 0.325 e. The Labute approximate surface area is 240 Å². The molecule has 3 fully saturated rings. The Morgan fingerprint density at radius 2 is 1.77 bits per heavy atom. The zero-order chi connectivity index (χ0) is 28.4. The second-order valence-corrected chi connectivity index (χ2v) is 14.0. The Balaban J connectivity index is 1.13. The van der Waals surface area contributed by atoms with Crippen LogP contribution in [0, 0.1) is 5.92 Å². The monoisotopic (exact) mass is 580 g/mol. The summed E-state index contributed by atoms with van der Waals surface area (Å²) in [6.45, 7) is 8.58. The average molecular weight is 581 g/mol. The van der Waals surface area contributed by atoms with Gasteiger partial charge >= 0.3 is 7.60 Å². The Morgan fingerprint density at radius 3 is 2.50 bits per heavy atom. The van der Waals surface area contributed by atoms with E-state index in [9.17, 15) is 4.57 Å². The third kappa shape index (κ3) is 10.7. The number of piperazine rings is 1. The Kier molecular flexibility index (Phi) is 12.3. The van der Waals surface area contributed by atoms with E-state index in [1.807, 2.05) is 6.07 Å². The highest BCUT2D eigenvalue weighted by atomic mass is 31.2. The molecule has 1 aromatic heterocycles. The Hall–Kier alpha value is -1.49. The summed E-state index contributed by atoms with van der Waals surface area (Å²) in [6, 6.07) is 3.23. The molecule has 3 aliphatic rings. The standard InChI is InChI=1S/C28H53N8O3P/c1-22-21-36(17-16-35(22)15-6-18-40(37,38)39)27-19-26(29)33-28(34-27)32-25-11-9-23(10-12-25)20-30-13-5-14-31-24-7-3-2-4-8-24/h19,22-25,30-31H,2-18,20-21H2,1H3,(H2,37,38,39)(H3,29,32,33,34)/t22-,23-,25-/m1/s1. The maximum atomic E-state index is 11.2. The minimum Gasteiger partial charge on any atom is -0.383 e. The van der Waals surface area contributed by atoms with E-state index in [1.165, 1.54) is 51.4 Å². The number of hydrogen-bond donors (Lipinski definition) is 6. The molecule has 2 heterocycles. The molecule has 1 saturated heterocycles. The lowest BCUT2D eigenvalue weighted by Gasteiger charge is -2.40. The molecule has 0 bridgehead atoms. The SMILES string of the molecule is C[C@@H]1CN(c2cc(N)nc(N[C@H]3CC[C@H](CNCCCNC4CCCCC4)CC3)n2)CCN1CCCP(=O)(O)O. The lowest BCUT2D eigenvalue weighted by molar-refractivity contribution is 0.188. The van der Waals surface area contributed by atoms with Crippen LogP contribution >= 0.6 is 7.60 Å². The molecule has 12 heteroatoms. The average Bonchev–Trinajstić information content (AvgIpc) is 2.92. The summed E-state index contributed by atoms with van der Waals surface area (Å²) in [5.74, 6) is 2.66. The fraction of sp³-hybridized carbons (Fsp3) is 0.857. The second-order valence-electron chi connectivity index (χ2n) is 12.3. The maximum Gasteiger partial charge on any atom is 0.325 e. The summed E-state index contributed by atoms with van der Waals surface area (Å²) in [5.41, 5.74) is 6.18. The van der Waals surface area contributed by atoms with E-state index in [0.717, 1.165) is 69.9 Å². The summed E-state index contributed by atoms with van der Waals surface area (Å²) >= 11 is 0. The molecular formula is C28H53N8O3P. The number of aromatic nitrogens is 2. The zero-order valence-electron chi connectivity index (χ0n) is 24.4. The number of anilines is 3. The topological polar surface area (TPSA) is 152 Å². The molecule has 228 valence electrons. The van der Waals surface area contributed by atoms with Crippen molar-refractivity contribution >= 4 is 25.2 Å². The summed E-state index contributed by atoms with van der Waals surface area (Å²) in [4.78, 5) is 32.1. The number of rotatable bonds is 14. The van der Waals surface area contributed by atoms with Gasteiger partial charge in [0.15, 0.2) is 0 Å². The number of nitrogen functional groups attached to an aromatic ring is 1. The van der Waals surface area contributed by atoms with E-state index in [1.54, 1.807) is 0 Å². The van der Waals surface area contributed by atoms with Crippen molar-refractivity contribution < 1.29 is 14.4 Å². The first-order valence-electron chi connectivity index (χ1n) is 15.6. The van der Waals surface area contributed by atoms with Gasteiger partial charge in [0.1, 0.15) is 11.6 Å². The third-order valence-corrected chi connectivity index (χ3v) is 9.80. The third-order valence-electron chi connectivity index (χ3n) is 8.90. The minimum atomic E-state index is -3.94. The van der Waals surface area contributed by atoms with Gasteiger partial charge in [-0.1, -0.05) is 19.3 Å². The molecule has 0 radical (unpaired) electrons. The molecule has 2 saturated carbocycles. The number of nitrogens with one attached hydrogen (secondary N) is 3. The highest BCUT2D eigenvalue weighted by Crippen LogP contribution is 2.35. The largest absolute Gasteiger partial charge is 0.383 e. The molecule has 11 nitrogen and oxygen atoms in total. The molecular weight excluding hydrogens is 527 g/mol. The molecule has 1 atom stereocenters. The van der Waals surface area contributed by atoms with Crippen LogP contribution in [-0.4, -0.2) is 94.8 Å². The van der Waals surface area contributed by atoms with Crippen molar-refractivity contribution in [1.82, 2.24) is 25.5 Å². The summed E-state index contributed by atoms with van der Waals surface area (Å²) in [7, 11) is -3.94. The first-order chi connectivity index (χ1) is 19.2. The molecule has 7 N–H and O–H groups in total. The predicted molar refractivity (Wildman–Crippen MR) is 163 cm³/mol. The molecule has 4 rings (SSSR count). The molecule has 0 unspecified atom stereocenters. The van der Waals surface area contributed by atoms with Gasteiger partial charge in [-0.3, -0.25) is 9.46 Å². The molecule has 1 aliphatic heterocycles. The van der Waals surface area contributed by atoms with Gasteiger partial charge in [0.25, 0.3) is 0 Å². The Morgan fingerprint density at radius 1 is 1.00 bits per heavy atom. The number of nitrogens with two attached hydrogens (primary N) is 1. The van der Waals surface area contributed by atoms with Gasteiger partial charge in [0, 0.05) is 43.8 Å². The molecule has 0 spiro atoms. The van der Waals surface area contributed by atoms with Crippen molar-refractivity contribution in [1.29, 1.82) is 0 Å². The quantitative estimate of drug-likeness (QED) is 0.142. The first-order valence-corrected chi connectivity index (χ1v) is 17.4. The van der Waals surface area contributed by atoms with Crippen LogP contribution in [0.5, 0.6) is 0 Å². The van der Waals surface area contributed by atoms with Crippen LogP contribution in [0.15, 0.2) is 6.07 Å². The van der Waals surface area contributed by atoms with Crippen molar-refractivity contribution in [3.05, 3.63) is 6.07 Å². The van der Waals surface area contributed by atoms with Gasteiger partial charge in [0.05, 0.1) is 6.16 Å². The van der Waals surface area contributed by atoms with Crippen molar-refractivity contribution in [3.63, 3.8) is 0 Å². The fourth-order valence-electron chi connectivity index (χ4n) is 6.52. The highest BCUT2D eigenvalue weighted by Gasteiger charge is 2.26. The Bertz CT molecular complexity index is 936. The molecule has 40 heavy (non-hydrogen) atoms. The second kappa shape index (κ2) is 15.7. The number of hydrogen-bond acceptors (Lipinski definition) is 9. The minimum absolute atomic E-state index is 0.0616. The van der Waals surface area contributed by atoms with Gasteiger partial charge in [-0.05, 0) is 90.4 Å². The van der Waals surface area contributed by atoms with Crippen LogP contribution in [0.1, 0.15) is 77.6 Å². The van der Waals surface area contributed by atoms with Crippen molar-refractivity contribution in [2.75, 3.05) is 67.9 Å². The molecule has 0 aromatic carbocycles. The van der Waals surface area contributed by atoms with E-state index >= 15 is 0 Å². The number of nitrogens with zero attached hydrogens (tertiary/aromatic N) is 4. The van der Waals surface area contributed by atoms with Crippen LogP contribution in [0.3, 0.4) is 0 Å². The van der Waals surface area contributed by atoms with Crippen LogP contribution in [0.4, 0.5) is 17.6 Å². The van der Waals surface area contributed by atoms with E-state index in [4.69, 9.17) is 20.5 Å². The predicted octanol–water partition coefficient (Wildman–Crippen LogP) is 3.01. The van der Waals surface area contributed by atoms with Crippen molar-refractivity contribution in [2.24, 2.45) is 5.92 Å². The normalized spacial score (nSPS) is 25.3. The van der Waals surface area contributed by atoms with E-state index in [2.05, 4.69) is 37.7 Å². The lowest BCUT2D eigenvalue weighted by atomic mass is 9.86. The van der Waals surface area contributed by atoms with E-state index in [-0.39, 0.29) is 12.2 Å². The van der Waals surface area contributed by atoms with Crippen molar-refractivity contribution in [2.45, 2.75) is 95.7 Å².